The van der Waals surface area contributed by atoms with Crippen molar-refractivity contribution in [2.24, 2.45) is 0 Å². The second-order valence-electron chi connectivity index (χ2n) is 9.24. The smallest absolute Gasteiger partial charge is 0.319 e. The Balaban J connectivity index is 1.45. The van der Waals surface area contributed by atoms with E-state index in [0.717, 1.165) is 5.69 Å². The first-order valence-corrected chi connectivity index (χ1v) is 11.2. The van der Waals surface area contributed by atoms with Crippen LogP contribution in [0.5, 0.6) is 0 Å². The summed E-state index contributed by atoms with van der Waals surface area (Å²) in [4.78, 5) is 14.4. The number of benzene rings is 2. The predicted octanol–water partition coefficient (Wildman–Crippen LogP) is 4.61. The first-order chi connectivity index (χ1) is 16.2. The number of ether oxygens (including phenoxy) is 1. The summed E-state index contributed by atoms with van der Waals surface area (Å²) in [6.45, 7) is 8.62. The second kappa shape index (κ2) is 9.80. The number of anilines is 2. The van der Waals surface area contributed by atoms with Gasteiger partial charge in [-0.2, -0.15) is 5.10 Å². The van der Waals surface area contributed by atoms with Gasteiger partial charge in [0.1, 0.15) is 11.6 Å². The third-order valence-corrected chi connectivity index (χ3v) is 5.59. The van der Waals surface area contributed by atoms with Gasteiger partial charge < -0.3 is 20.3 Å². The number of carbonyl (C=O) groups is 1. The summed E-state index contributed by atoms with van der Waals surface area (Å²) in [6, 6.07) is 12.2. The third-order valence-electron chi connectivity index (χ3n) is 5.59. The highest BCUT2D eigenvalue weighted by atomic mass is 19.1. The fraction of sp³-hybridized carbons (Fsp3) is 0.360. The fourth-order valence-corrected chi connectivity index (χ4v) is 3.74. The molecule has 0 saturated carbocycles. The van der Waals surface area contributed by atoms with Crippen molar-refractivity contribution in [3.8, 4) is 5.69 Å². The predicted molar refractivity (Wildman–Crippen MR) is 128 cm³/mol. The minimum absolute atomic E-state index is 0.153. The number of hydrogen-bond donors (Lipinski definition) is 2. The van der Waals surface area contributed by atoms with E-state index in [0.29, 0.717) is 49.1 Å². The van der Waals surface area contributed by atoms with Gasteiger partial charge in [0.05, 0.1) is 42.5 Å². The van der Waals surface area contributed by atoms with Gasteiger partial charge in [-0.1, -0.05) is 26.8 Å². The summed E-state index contributed by atoms with van der Waals surface area (Å²) < 4.78 is 35.4. The zero-order valence-electron chi connectivity index (χ0n) is 19.6. The zero-order chi connectivity index (χ0) is 24.3. The summed E-state index contributed by atoms with van der Waals surface area (Å²) in [5.41, 5.74) is 2.68. The number of aromatic nitrogens is 2. The first-order valence-electron chi connectivity index (χ1n) is 11.2. The molecule has 2 N–H and O–H groups in total. The minimum atomic E-state index is -0.483. The molecule has 0 radical (unpaired) electrons. The van der Waals surface area contributed by atoms with Gasteiger partial charge in [-0.05, 0) is 42.5 Å². The van der Waals surface area contributed by atoms with Crippen LogP contribution >= 0.6 is 0 Å². The molecule has 9 heteroatoms. The number of morpholine rings is 1. The molecule has 0 aliphatic carbocycles. The van der Waals surface area contributed by atoms with Gasteiger partial charge in [-0.25, -0.2) is 18.3 Å². The van der Waals surface area contributed by atoms with Crippen LogP contribution in [0.1, 0.15) is 32.2 Å². The topological polar surface area (TPSA) is 71.4 Å². The van der Waals surface area contributed by atoms with E-state index in [1.54, 1.807) is 28.9 Å². The molecular weight excluding hydrogens is 440 g/mol. The molecular formula is C25H29F2N5O2. The Kier molecular flexibility index (Phi) is 6.83. The van der Waals surface area contributed by atoms with Crippen LogP contribution < -0.4 is 15.5 Å². The number of nitrogens with zero attached hydrogens (tertiary/aromatic N) is 3. The normalized spacial score (nSPS) is 14.2. The zero-order valence-corrected chi connectivity index (χ0v) is 19.6. The molecule has 0 atom stereocenters. The maximum atomic E-state index is 14.6. The Hall–Kier alpha value is -3.46. The number of halogens is 2. The molecule has 2 amide bonds. The molecule has 2 aromatic carbocycles. The van der Waals surface area contributed by atoms with Crippen molar-refractivity contribution in [2.75, 3.05) is 36.5 Å². The van der Waals surface area contributed by atoms with E-state index in [9.17, 15) is 13.6 Å². The Bertz CT molecular complexity index is 1170. The Morgan fingerprint density at radius 3 is 2.53 bits per heavy atom. The molecule has 3 aromatic rings. The van der Waals surface area contributed by atoms with Gasteiger partial charge in [-0.3, -0.25) is 0 Å². The molecule has 1 saturated heterocycles. The van der Waals surface area contributed by atoms with Gasteiger partial charge in [0, 0.05) is 24.2 Å². The molecule has 2 heterocycles. The van der Waals surface area contributed by atoms with Gasteiger partial charge in [0.25, 0.3) is 0 Å². The van der Waals surface area contributed by atoms with Gasteiger partial charge >= 0.3 is 6.03 Å². The summed E-state index contributed by atoms with van der Waals surface area (Å²) in [7, 11) is 0. The number of amides is 2. The maximum absolute atomic E-state index is 14.6. The quantitative estimate of drug-likeness (QED) is 0.573. The van der Waals surface area contributed by atoms with Crippen LogP contribution in [0.15, 0.2) is 48.5 Å². The maximum Gasteiger partial charge on any atom is 0.319 e. The lowest BCUT2D eigenvalue weighted by Gasteiger charge is -2.29. The average Bonchev–Trinajstić information content (AvgIpc) is 3.23. The lowest BCUT2D eigenvalue weighted by atomic mass is 9.92. The van der Waals surface area contributed by atoms with Crippen LogP contribution in [0.2, 0.25) is 0 Å². The minimum Gasteiger partial charge on any atom is -0.378 e. The SMILES string of the molecule is CC(C)(C)c1cc(CNC(=O)Nc2ccc(N3CCOCC3)c(F)c2)n(-c2cccc(F)c2)n1. The highest BCUT2D eigenvalue weighted by Gasteiger charge is 2.21. The molecule has 180 valence electrons. The molecule has 34 heavy (non-hydrogen) atoms. The average molecular weight is 470 g/mol. The summed E-state index contributed by atoms with van der Waals surface area (Å²) in [6.07, 6.45) is 0. The van der Waals surface area contributed by atoms with Crippen LogP contribution in [-0.4, -0.2) is 42.1 Å². The van der Waals surface area contributed by atoms with Crippen LogP contribution in [0.3, 0.4) is 0 Å². The van der Waals surface area contributed by atoms with Crippen molar-refractivity contribution in [2.45, 2.75) is 32.7 Å². The number of nitrogens with one attached hydrogen (secondary N) is 2. The lowest BCUT2D eigenvalue weighted by Crippen LogP contribution is -2.36. The van der Waals surface area contributed by atoms with Crippen molar-refractivity contribution in [3.63, 3.8) is 0 Å². The molecule has 1 aliphatic heterocycles. The molecule has 0 bridgehead atoms. The first kappa shape index (κ1) is 23.7. The standard InChI is InChI=1S/C25H29F2N5O2/c1-25(2,3)23-15-20(32(30-23)19-6-4-5-17(26)13-19)16-28-24(33)29-18-7-8-22(21(27)14-18)31-9-11-34-12-10-31/h4-8,13-15H,9-12,16H2,1-3H3,(H2,28,29,33). The summed E-state index contributed by atoms with van der Waals surface area (Å²) >= 11 is 0. The highest BCUT2D eigenvalue weighted by molar-refractivity contribution is 5.89. The van der Waals surface area contributed by atoms with Crippen LogP contribution in [0.25, 0.3) is 5.69 Å². The van der Waals surface area contributed by atoms with E-state index in [2.05, 4.69) is 15.7 Å². The van der Waals surface area contributed by atoms with Crippen molar-refractivity contribution in [1.29, 1.82) is 0 Å². The highest BCUT2D eigenvalue weighted by Crippen LogP contribution is 2.25. The van der Waals surface area contributed by atoms with Gasteiger partial charge in [0.15, 0.2) is 0 Å². The molecule has 0 unspecified atom stereocenters. The van der Waals surface area contributed by atoms with Crippen molar-refractivity contribution >= 4 is 17.4 Å². The van der Waals surface area contributed by atoms with Crippen molar-refractivity contribution in [3.05, 3.63) is 71.6 Å². The monoisotopic (exact) mass is 469 g/mol. The third kappa shape index (κ3) is 5.53. The van der Waals surface area contributed by atoms with Crippen LogP contribution in [0.4, 0.5) is 25.0 Å². The van der Waals surface area contributed by atoms with E-state index in [4.69, 9.17) is 4.74 Å². The summed E-state index contributed by atoms with van der Waals surface area (Å²) in [5.74, 6) is -0.775. The number of urea groups is 1. The van der Waals surface area contributed by atoms with E-state index in [-0.39, 0.29) is 17.8 Å². The van der Waals surface area contributed by atoms with Gasteiger partial charge in [0.2, 0.25) is 0 Å². The molecule has 1 aliphatic rings. The largest absolute Gasteiger partial charge is 0.378 e. The van der Waals surface area contributed by atoms with Crippen molar-refractivity contribution in [1.82, 2.24) is 15.1 Å². The Morgan fingerprint density at radius 1 is 1.09 bits per heavy atom. The number of hydrogen-bond acceptors (Lipinski definition) is 4. The number of rotatable bonds is 5. The van der Waals surface area contributed by atoms with E-state index in [1.807, 2.05) is 31.7 Å². The molecule has 7 nitrogen and oxygen atoms in total. The van der Waals surface area contributed by atoms with Crippen LogP contribution in [-0.2, 0) is 16.7 Å². The summed E-state index contributed by atoms with van der Waals surface area (Å²) in [5, 5.41) is 10.1. The molecule has 1 aromatic heterocycles. The Morgan fingerprint density at radius 2 is 1.85 bits per heavy atom. The molecule has 1 fully saturated rings. The molecule has 0 spiro atoms. The Labute approximate surface area is 197 Å². The molecule has 4 rings (SSSR count). The van der Waals surface area contributed by atoms with E-state index in [1.165, 1.54) is 18.2 Å². The van der Waals surface area contributed by atoms with E-state index >= 15 is 0 Å². The van der Waals surface area contributed by atoms with Crippen molar-refractivity contribution < 1.29 is 18.3 Å². The van der Waals surface area contributed by atoms with Gasteiger partial charge in [-0.15, -0.1) is 0 Å². The number of carbonyl (C=O) groups excluding carboxylic acids is 1. The second-order valence-corrected chi connectivity index (χ2v) is 9.24. The van der Waals surface area contributed by atoms with Crippen LogP contribution in [0, 0.1) is 11.6 Å². The fourth-order valence-electron chi connectivity index (χ4n) is 3.74. The van der Waals surface area contributed by atoms with E-state index < -0.39 is 11.8 Å². The lowest BCUT2D eigenvalue weighted by molar-refractivity contribution is 0.122.